The van der Waals surface area contributed by atoms with Crippen molar-refractivity contribution < 1.29 is 5.11 Å². The number of unbranched alkanes of at least 4 members (excludes halogenated alkanes) is 13. The number of para-hydroxylation sites is 1. The normalized spacial score (nSPS) is 11.0. The number of hydrogen-bond acceptors (Lipinski definition) is 2. The van der Waals surface area contributed by atoms with Gasteiger partial charge in [0, 0.05) is 17.8 Å². The van der Waals surface area contributed by atoms with E-state index < -0.39 is 0 Å². The van der Waals surface area contributed by atoms with Gasteiger partial charge in [0.15, 0.2) is 0 Å². The molecule has 0 fully saturated rings. The number of nitrogens with one attached hydrogen (secondary N) is 1. The lowest BCUT2D eigenvalue weighted by Crippen LogP contribution is -2.04. The zero-order chi connectivity index (χ0) is 18.0. The first-order valence-corrected chi connectivity index (χ1v) is 10.8. The summed E-state index contributed by atoms with van der Waals surface area (Å²) < 4.78 is 0. The minimum Gasteiger partial charge on any atom is -0.392 e. The summed E-state index contributed by atoms with van der Waals surface area (Å²) >= 11 is 0. The van der Waals surface area contributed by atoms with Crippen LogP contribution in [0, 0.1) is 0 Å². The zero-order valence-electron chi connectivity index (χ0n) is 16.6. The average Bonchev–Trinajstić information content (AvgIpc) is 2.65. The van der Waals surface area contributed by atoms with Crippen LogP contribution in [0.15, 0.2) is 24.3 Å². The van der Waals surface area contributed by atoms with Crippen LogP contribution in [-0.4, -0.2) is 11.7 Å². The molecule has 2 nitrogen and oxygen atoms in total. The van der Waals surface area contributed by atoms with E-state index in [-0.39, 0.29) is 6.61 Å². The van der Waals surface area contributed by atoms with E-state index in [4.69, 9.17) is 0 Å². The van der Waals surface area contributed by atoms with Gasteiger partial charge in [0.1, 0.15) is 0 Å². The van der Waals surface area contributed by atoms with Crippen molar-refractivity contribution in [3.8, 4) is 0 Å². The minimum absolute atomic E-state index is 0.113. The molecule has 0 heterocycles. The molecule has 0 saturated heterocycles. The Labute approximate surface area is 156 Å². The maximum absolute atomic E-state index is 9.30. The molecule has 144 valence electrons. The molecule has 0 spiro atoms. The highest BCUT2D eigenvalue weighted by Crippen LogP contribution is 2.16. The van der Waals surface area contributed by atoms with Crippen molar-refractivity contribution in [1.29, 1.82) is 0 Å². The fourth-order valence-corrected chi connectivity index (χ4v) is 3.37. The quantitative estimate of drug-likeness (QED) is 0.295. The molecule has 0 unspecified atom stereocenters. The maximum atomic E-state index is 9.30. The number of benzene rings is 1. The lowest BCUT2D eigenvalue weighted by Gasteiger charge is -2.10. The predicted molar refractivity (Wildman–Crippen MR) is 111 cm³/mol. The summed E-state index contributed by atoms with van der Waals surface area (Å²) in [5.41, 5.74) is 2.08. The van der Waals surface area contributed by atoms with E-state index in [9.17, 15) is 5.11 Å². The molecule has 0 amide bonds. The fraction of sp³-hybridized carbons (Fsp3) is 0.739. The van der Waals surface area contributed by atoms with Crippen molar-refractivity contribution in [2.24, 2.45) is 0 Å². The van der Waals surface area contributed by atoms with Crippen LogP contribution in [0.25, 0.3) is 0 Å². The molecule has 0 atom stereocenters. The molecule has 0 bridgehead atoms. The Kier molecular flexibility index (Phi) is 14.5. The van der Waals surface area contributed by atoms with Gasteiger partial charge in [-0.3, -0.25) is 0 Å². The summed E-state index contributed by atoms with van der Waals surface area (Å²) in [5.74, 6) is 0. The standard InChI is InChI=1S/C23H41NO/c1-2-3-4-5-6-7-8-9-10-11-12-13-14-17-20-24-23-19-16-15-18-22(23)21-25/h15-16,18-19,24-25H,2-14,17,20-21H2,1H3. The number of aliphatic hydroxyl groups excluding tert-OH is 1. The van der Waals surface area contributed by atoms with E-state index in [1.165, 1.54) is 89.9 Å². The summed E-state index contributed by atoms with van der Waals surface area (Å²) in [5, 5.41) is 12.8. The Bertz CT molecular complexity index is 405. The Hall–Kier alpha value is -1.02. The second-order valence-corrected chi connectivity index (χ2v) is 7.34. The summed E-state index contributed by atoms with van der Waals surface area (Å²) in [7, 11) is 0. The van der Waals surface area contributed by atoms with Crippen molar-refractivity contribution in [3.05, 3.63) is 29.8 Å². The topological polar surface area (TPSA) is 32.3 Å². The third-order valence-electron chi connectivity index (χ3n) is 5.03. The van der Waals surface area contributed by atoms with Gasteiger partial charge in [0.05, 0.1) is 6.61 Å². The minimum atomic E-state index is 0.113. The van der Waals surface area contributed by atoms with Gasteiger partial charge in [0.2, 0.25) is 0 Å². The van der Waals surface area contributed by atoms with Crippen LogP contribution >= 0.6 is 0 Å². The third-order valence-corrected chi connectivity index (χ3v) is 5.03. The van der Waals surface area contributed by atoms with Crippen LogP contribution in [0.3, 0.4) is 0 Å². The van der Waals surface area contributed by atoms with Gasteiger partial charge in [-0.25, -0.2) is 0 Å². The molecule has 1 rings (SSSR count). The van der Waals surface area contributed by atoms with Crippen molar-refractivity contribution in [1.82, 2.24) is 0 Å². The van der Waals surface area contributed by atoms with Gasteiger partial charge in [-0.05, 0) is 12.5 Å². The van der Waals surface area contributed by atoms with Crippen molar-refractivity contribution in [2.75, 3.05) is 11.9 Å². The maximum Gasteiger partial charge on any atom is 0.0701 e. The van der Waals surface area contributed by atoms with Gasteiger partial charge >= 0.3 is 0 Å². The highest BCUT2D eigenvalue weighted by Gasteiger charge is 1.99. The highest BCUT2D eigenvalue weighted by atomic mass is 16.3. The van der Waals surface area contributed by atoms with Crippen molar-refractivity contribution >= 4 is 5.69 Å². The van der Waals surface area contributed by atoms with E-state index in [1.807, 2.05) is 18.2 Å². The molecule has 0 aliphatic carbocycles. The molecule has 0 aliphatic heterocycles. The first-order valence-electron chi connectivity index (χ1n) is 10.8. The van der Waals surface area contributed by atoms with Crippen molar-refractivity contribution in [2.45, 2.75) is 103 Å². The van der Waals surface area contributed by atoms with Crippen molar-refractivity contribution in [3.63, 3.8) is 0 Å². The third kappa shape index (κ3) is 12.0. The monoisotopic (exact) mass is 347 g/mol. The average molecular weight is 348 g/mol. The molecule has 1 aromatic rings. The first-order chi connectivity index (χ1) is 12.4. The molecule has 0 radical (unpaired) electrons. The first kappa shape index (κ1) is 22.0. The molecule has 0 aromatic heterocycles. The van der Waals surface area contributed by atoms with Crippen LogP contribution in [0.1, 0.15) is 102 Å². The second kappa shape index (κ2) is 16.4. The highest BCUT2D eigenvalue weighted by molar-refractivity contribution is 5.50. The largest absolute Gasteiger partial charge is 0.392 e. The Balaban J connectivity index is 1.82. The van der Waals surface area contributed by atoms with E-state index in [1.54, 1.807) is 0 Å². The molecule has 0 saturated carbocycles. The number of hydrogen-bond donors (Lipinski definition) is 2. The van der Waals surface area contributed by atoms with Crippen LogP contribution in [0.4, 0.5) is 5.69 Å². The lowest BCUT2D eigenvalue weighted by molar-refractivity contribution is 0.282. The summed E-state index contributed by atoms with van der Waals surface area (Å²) in [6.45, 7) is 3.41. The predicted octanol–water partition coefficient (Wildman–Crippen LogP) is 7.07. The second-order valence-electron chi connectivity index (χ2n) is 7.34. The van der Waals surface area contributed by atoms with Crippen LogP contribution < -0.4 is 5.32 Å². The molecule has 25 heavy (non-hydrogen) atoms. The lowest BCUT2D eigenvalue weighted by atomic mass is 10.0. The molecular formula is C23H41NO. The van der Waals surface area contributed by atoms with Gasteiger partial charge in [-0.2, -0.15) is 0 Å². The summed E-state index contributed by atoms with van der Waals surface area (Å²) in [6, 6.07) is 8.03. The van der Waals surface area contributed by atoms with Crippen LogP contribution in [0.5, 0.6) is 0 Å². The van der Waals surface area contributed by atoms with Gasteiger partial charge in [-0.15, -0.1) is 0 Å². The van der Waals surface area contributed by atoms with Crippen LogP contribution in [-0.2, 0) is 6.61 Å². The Morgan fingerprint density at radius 3 is 1.68 bits per heavy atom. The zero-order valence-corrected chi connectivity index (χ0v) is 16.6. The molecular weight excluding hydrogens is 306 g/mol. The SMILES string of the molecule is CCCCCCCCCCCCCCCCNc1ccccc1CO. The number of aliphatic hydroxyl groups is 1. The number of anilines is 1. The molecule has 0 aliphatic rings. The molecule has 2 N–H and O–H groups in total. The van der Waals surface area contributed by atoms with E-state index in [0.29, 0.717) is 0 Å². The smallest absolute Gasteiger partial charge is 0.0701 e. The Morgan fingerprint density at radius 2 is 1.16 bits per heavy atom. The molecule has 2 heteroatoms. The molecule has 1 aromatic carbocycles. The summed E-state index contributed by atoms with van der Waals surface area (Å²) in [6.07, 6.45) is 19.6. The van der Waals surface area contributed by atoms with Gasteiger partial charge in [-0.1, -0.05) is 109 Å². The Morgan fingerprint density at radius 1 is 0.680 bits per heavy atom. The van der Waals surface area contributed by atoms with Gasteiger partial charge < -0.3 is 10.4 Å². The van der Waals surface area contributed by atoms with Crippen LogP contribution in [0.2, 0.25) is 0 Å². The van der Waals surface area contributed by atoms with E-state index in [2.05, 4.69) is 18.3 Å². The summed E-state index contributed by atoms with van der Waals surface area (Å²) in [4.78, 5) is 0. The van der Waals surface area contributed by atoms with E-state index in [0.717, 1.165) is 17.8 Å². The van der Waals surface area contributed by atoms with E-state index >= 15 is 0 Å². The fourth-order valence-electron chi connectivity index (χ4n) is 3.37. The number of rotatable bonds is 17. The van der Waals surface area contributed by atoms with Gasteiger partial charge in [0.25, 0.3) is 0 Å².